The van der Waals surface area contributed by atoms with Crippen molar-refractivity contribution in [1.29, 1.82) is 0 Å². The lowest BCUT2D eigenvalue weighted by Gasteiger charge is -2.26. The number of para-hydroxylation sites is 1. The quantitative estimate of drug-likeness (QED) is 0.528. The highest BCUT2D eigenvalue weighted by molar-refractivity contribution is 7.18. The summed E-state index contributed by atoms with van der Waals surface area (Å²) in [5.41, 5.74) is 3.71. The average Bonchev–Trinajstić information content (AvgIpc) is 3.41. The van der Waals surface area contributed by atoms with Gasteiger partial charge in [-0.25, -0.2) is 4.98 Å². The molecule has 1 fully saturated rings. The summed E-state index contributed by atoms with van der Waals surface area (Å²) in [5.74, 6) is 0.116. The molecule has 0 atom stereocenters. The molecule has 1 N–H and O–H groups in total. The van der Waals surface area contributed by atoms with E-state index in [4.69, 9.17) is 10.1 Å². The Morgan fingerprint density at radius 3 is 2.91 bits per heavy atom. The number of amides is 1. The van der Waals surface area contributed by atoms with E-state index in [2.05, 4.69) is 25.7 Å². The minimum absolute atomic E-state index is 0.150. The first-order valence-corrected chi connectivity index (χ1v) is 11.9. The standard InChI is InChI=1S/C23H27N5O3S/c1-31-21(29)8-10-24-23(30)22-16-13-27(11-9-18(16)28(26-22)12-15-6-7-15)14-20-25-17-4-2-3-5-19(17)32-20/h2-5,15H,6-14H2,1H3,(H,24,30). The van der Waals surface area contributed by atoms with E-state index in [1.54, 1.807) is 11.3 Å². The summed E-state index contributed by atoms with van der Waals surface area (Å²) < 4.78 is 7.90. The first kappa shape index (κ1) is 21.1. The van der Waals surface area contributed by atoms with Gasteiger partial charge in [-0.3, -0.25) is 19.2 Å². The molecule has 5 rings (SSSR count). The van der Waals surface area contributed by atoms with Gasteiger partial charge in [-0.15, -0.1) is 11.3 Å². The van der Waals surface area contributed by atoms with Crippen LogP contribution in [-0.2, 0) is 35.6 Å². The maximum Gasteiger partial charge on any atom is 0.307 e. The molecule has 1 aliphatic heterocycles. The van der Waals surface area contributed by atoms with Crippen LogP contribution in [0.15, 0.2) is 24.3 Å². The third-order valence-corrected chi connectivity index (χ3v) is 7.12. The van der Waals surface area contributed by atoms with Crippen molar-refractivity contribution in [2.75, 3.05) is 20.2 Å². The first-order valence-electron chi connectivity index (χ1n) is 11.1. The lowest BCUT2D eigenvalue weighted by Crippen LogP contribution is -2.33. The topological polar surface area (TPSA) is 89.3 Å². The van der Waals surface area contributed by atoms with Crippen molar-refractivity contribution in [2.24, 2.45) is 5.92 Å². The SMILES string of the molecule is COC(=O)CCNC(=O)c1nn(CC2CC2)c2c1CN(Cc1nc3ccccc3s1)CC2. The molecule has 0 saturated heterocycles. The molecule has 3 aromatic rings. The highest BCUT2D eigenvalue weighted by atomic mass is 32.1. The number of nitrogens with zero attached hydrogens (tertiary/aromatic N) is 4. The highest BCUT2D eigenvalue weighted by Gasteiger charge is 2.31. The molecule has 168 valence electrons. The molecule has 0 radical (unpaired) electrons. The van der Waals surface area contributed by atoms with Crippen LogP contribution < -0.4 is 5.32 Å². The summed E-state index contributed by atoms with van der Waals surface area (Å²) in [7, 11) is 1.35. The molecule has 1 aromatic carbocycles. The van der Waals surface area contributed by atoms with Crippen LogP contribution in [-0.4, -0.2) is 51.7 Å². The van der Waals surface area contributed by atoms with Crippen LogP contribution in [0.4, 0.5) is 0 Å². The van der Waals surface area contributed by atoms with E-state index in [1.165, 1.54) is 30.3 Å². The highest BCUT2D eigenvalue weighted by Crippen LogP contribution is 2.33. The smallest absolute Gasteiger partial charge is 0.307 e. The number of rotatable bonds is 8. The van der Waals surface area contributed by atoms with Crippen molar-refractivity contribution in [3.05, 3.63) is 46.2 Å². The molecule has 2 aromatic heterocycles. The van der Waals surface area contributed by atoms with Crippen molar-refractivity contribution in [3.8, 4) is 0 Å². The third-order valence-electron chi connectivity index (χ3n) is 6.10. The van der Waals surface area contributed by atoms with Gasteiger partial charge in [0.2, 0.25) is 0 Å². The fraction of sp³-hybridized carbons (Fsp3) is 0.478. The molecular weight excluding hydrogens is 426 g/mol. The van der Waals surface area contributed by atoms with Crippen LogP contribution in [0.25, 0.3) is 10.2 Å². The molecule has 0 spiro atoms. The Balaban J connectivity index is 1.33. The summed E-state index contributed by atoms with van der Waals surface area (Å²) in [4.78, 5) is 31.4. The van der Waals surface area contributed by atoms with E-state index in [9.17, 15) is 9.59 Å². The second-order valence-corrected chi connectivity index (χ2v) is 9.63. The van der Waals surface area contributed by atoms with E-state index in [-0.39, 0.29) is 24.8 Å². The Morgan fingerprint density at radius 1 is 1.28 bits per heavy atom. The van der Waals surface area contributed by atoms with Crippen LogP contribution in [0.5, 0.6) is 0 Å². The van der Waals surface area contributed by atoms with Crippen LogP contribution in [0, 0.1) is 5.92 Å². The van der Waals surface area contributed by atoms with Crippen molar-refractivity contribution in [2.45, 2.75) is 45.3 Å². The molecule has 0 bridgehead atoms. The number of benzene rings is 1. The predicted molar refractivity (Wildman–Crippen MR) is 121 cm³/mol. The van der Waals surface area contributed by atoms with E-state index < -0.39 is 0 Å². The minimum Gasteiger partial charge on any atom is -0.469 e. The summed E-state index contributed by atoms with van der Waals surface area (Å²) in [6.45, 7) is 3.48. The number of ether oxygens (including phenoxy) is 1. The maximum absolute atomic E-state index is 12.9. The molecule has 1 aliphatic carbocycles. The predicted octanol–water partition coefficient (Wildman–Crippen LogP) is 2.75. The number of aromatic nitrogens is 3. The number of esters is 1. The molecule has 3 heterocycles. The van der Waals surface area contributed by atoms with Gasteiger partial charge in [-0.2, -0.15) is 5.10 Å². The number of fused-ring (bicyclic) bond motifs is 2. The van der Waals surface area contributed by atoms with Gasteiger partial charge in [0.1, 0.15) is 5.01 Å². The second kappa shape index (κ2) is 8.99. The molecule has 9 heteroatoms. The number of hydrogen-bond donors (Lipinski definition) is 1. The van der Waals surface area contributed by atoms with Gasteiger partial charge in [0, 0.05) is 43.9 Å². The lowest BCUT2D eigenvalue weighted by molar-refractivity contribution is -0.140. The summed E-state index contributed by atoms with van der Waals surface area (Å²) >= 11 is 1.72. The van der Waals surface area contributed by atoms with Crippen molar-refractivity contribution >= 4 is 33.4 Å². The molecule has 0 unspecified atom stereocenters. The third kappa shape index (κ3) is 4.54. The van der Waals surface area contributed by atoms with Gasteiger partial charge in [-0.1, -0.05) is 12.1 Å². The number of thiazole rings is 1. The maximum atomic E-state index is 12.9. The zero-order valence-electron chi connectivity index (χ0n) is 18.2. The zero-order chi connectivity index (χ0) is 22.1. The van der Waals surface area contributed by atoms with Crippen LogP contribution in [0.3, 0.4) is 0 Å². The van der Waals surface area contributed by atoms with Gasteiger partial charge in [0.05, 0.1) is 30.3 Å². The van der Waals surface area contributed by atoms with Gasteiger partial charge >= 0.3 is 5.97 Å². The van der Waals surface area contributed by atoms with Crippen LogP contribution in [0.2, 0.25) is 0 Å². The number of carbonyl (C=O) groups is 2. The van der Waals surface area contributed by atoms with Gasteiger partial charge in [0.15, 0.2) is 5.69 Å². The molecular formula is C23H27N5O3S. The molecule has 1 amide bonds. The van der Waals surface area contributed by atoms with E-state index >= 15 is 0 Å². The number of carbonyl (C=O) groups excluding carboxylic acids is 2. The fourth-order valence-electron chi connectivity index (χ4n) is 4.20. The minimum atomic E-state index is -0.339. The van der Waals surface area contributed by atoms with Crippen molar-refractivity contribution in [3.63, 3.8) is 0 Å². The fourth-order valence-corrected chi connectivity index (χ4v) is 5.21. The largest absolute Gasteiger partial charge is 0.469 e. The number of hydrogen-bond acceptors (Lipinski definition) is 7. The van der Waals surface area contributed by atoms with Gasteiger partial charge < -0.3 is 10.1 Å². The normalized spacial score (nSPS) is 16.2. The van der Waals surface area contributed by atoms with Crippen molar-refractivity contribution < 1.29 is 14.3 Å². The van der Waals surface area contributed by atoms with Gasteiger partial charge in [-0.05, 0) is 30.9 Å². The number of methoxy groups -OCH3 is 1. The Kier molecular flexibility index (Phi) is 5.93. The summed E-state index contributed by atoms with van der Waals surface area (Å²) in [5, 5.41) is 8.64. The van der Waals surface area contributed by atoms with E-state index in [1.807, 2.05) is 18.2 Å². The van der Waals surface area contributed by atoms with Crippen LogP contribution >= 0.6 is 11.3 Å². The van der Waals surface area contributed by atoms with E-state index in [0.29, 0.717) is 18.2 Å². The van der Waals surface area contributed by atoms with E-state index in [0.717, 1.165) is 42.1 Å². The molecule has 2 aliphatic rings. The Labute approximate surface area is 190 Å². The molecule has 8 nitrogen and oxygen atoms in total. The van der Waals surface area contributed by atoms with Crippen molar-refractivity contribution in [1.82, 2.24) is 25.0 Å². The monoisotopic (exact) mass is 453 g/mol. The number of nitrogens with one attached hydrogen (secondary N) is 1. The zero-order valence-corrected chi connectivity index (χ0v) is 19.0. The lowest BCUT2D eigenvalue weighted by atomic mass is 10.0. The average molecular weight is 454 g/mol. The van der Waals surface area contributed by atoms with Crippen LogP contribution in [0.1, 0.15) is 46.0 Å². The molecule has 1 saturated carbocycles. The molecule has 32 heavy (non-hydrogen) atoms. The second-order valence-electron chi connectivity index (χ2n) is 8.52. The van der Waals surface area contributed by atoms with Gasteiger partial charge in [0.25, 0.3) is 5.91 Å². The summed E-state index contributed by atoms with van der Waals surface area (Å²) in [6.07, 6.45) is 3.49. The summed E-state index contributed by atoms with van der Waals surface area (Å²) in [6, 6.07) is 8.20. The Bertz CT molecular complexity index is 1120. The first-order chi connectivity index (χ1) is 15.6. The Morgan fingerprint density at radius 2 is 2.12 bits per heavy atom. The Hall–Kier alpha value is -2.78.